The Kier molecular flexibility index (Phi) is 4.95. The molecule has 0 aliphatic heterocycles. The van der Waals surface area contributed by atoms with Crippen LogP contribution in [-0.4, -0.2) is 22.1 Å². The quantitative estimate of drug-likeness (QED) is 0.616. The van der Waals surface area contributed by atoms with E-state index in [0.717, 1.165) is 16.6 Å². The third-order valence-corrected chi connectivity index (χ3v) is 4.18. The van der Waals surface area contributed by atoms with Gasteiger partial charge in [0.25, 0.3) is 0 Å². The molecule has 0 saturated carbocycles. The highest BCUT2D eigenvalue weighted by atomic mass is 35.5. The Balaban J connectivity index is 1.79. The second-order valence-electron chi connectivity index (χ2n) is 6.08. The van der Waals surface area contributed by atoms with Crippen LogP contribution in [0.1, 0.15) is 18.1 Å². The van der Waals surface area contributed by atoms with E-state index in [9.17, 15) is 9.90 Å². The second kappa shape index (κ2) is 7.17. The molecule has 1 amide bonds. The molecule has 0 saturated heterocycles. The zero-order valence-corrected chi connectivity index (χ0v) is 15.3. The van der Waals surface area contributed by atoms with Gasteiger partial charge >= 0.3 is 5.91 Å². The number of carbonyl (C=O) groups is 1. The van der Waals surface area contributed by atoms with E-state index in [1.807, 2.05) is 32.0 Å². The summed E-state index contributed by atoms with van der Waals surface area (Å²) in [4.78, 5) is 15.0. The normalized spacial score (nSPS) is 12.6. The van der Waals surface area contributed by atoms with Crippen LogP contribution in [0.3, 0.4) is 0 Å². The number of nitrogens with one attached hydrogen (secondary N) is 1. The highest BCUT2D eigenvalue weighted by molar-refractivity contribution is 6.30. The highest BCUT2D eigenvalue weighted by Gasteiger charge is 2.17. The van der Waals surface area contributed by atoms with Crippen LogP contribution in [0.15, 0.2) is 46.6 Å². The topological polar surface area (TPSA) is 87.0 Å². The first kappa shape index (κ1) is 17.9. The molecule has 1 aromatic heterocycles. The highest BCUT2D eigenvalue weighted by Crippen LogP contribution is 2.36. The number of hydrogen-bond acceptors (Lipinski definition) is 4. The predicted molar refractivity (Wildman–Crippen MR) is 101 cm³/mol. The summed E-state index contributed by atoms with van der Waals surface area (Å²) < 4.78 is 5.64. The van der Waals surface area contributed by atoms with E-state index < -0.39 is 12.0 Å². The Morgan fingerprint density at radius 1 is 1.23 bits per heavy atom. The zero-order valence-electron chi connectivity index (χ0n) is 14.6. The van der Waals surface area contributed by atoms with Gasteiger partial charge in [0.15, 0.2) is 11.8 Å². The second-order valence-corrected chi connectivity index (χ2v) is 6.52. The smallest absolute Gasteiger partial charge is 0.304 e. The number of rotatable bonds is 4. The molecule has 7 heteroatoms. The minimum Gasteiger partial charge on any atom is -0.493 e. The molecule has 0 bridgehead atoms. The van der Waals surface area contributed by atoms with Crippen LogP contribution in [-0.2, 0) is 4.79 Å². The van der Waals surface area contributed by atoms with Gasteiger partial charge in [0, 0.05) is 10.4 Å². The molecular formula is C19H18ClN3O3. The third-order valence-electron chi connectivity index (χ3n) is 3.94. The predicted octanol–water partition coefficient (Wildman–Crippen LogP) is 5.22. The first-order chi connectivity index (χ1) is 12.3. The van der Waals surface area contributed by atoms with Crippen LogP contribution < -0.4 is 4.74 Å². The number of benzene rings is 2. The molecule has 26 heavy (non-hydrogen) atoms. The third kappa shape index (κ3) is 3.70. The van der Waals surface area contributed by atoms with Gasteiger partial charge in [0.05, 0.1) is 5.52 Å². The summed E-state index contributed by atoms with van der Waals surface area (Å²) in [6, 6.07) is 10.8. The SMILES string of the molecule is Cc1ccc2[nH]c(O)c(N=NC(=O)C(C)Oc3ccc(Cl)cc3C)c2c1. The number of aromatic nitrogens is 1. The fraction of sp³-hybridized carbons (Fsp3) is 0.211. The first-order valence-electron chi connectivity index (χ1n) is 8.05. The van der Waals surface area contributed by atoms with Crippen molar-refractivity contribution >= 4 is 34.1 Å². The lowest BCUT2D eigenvalue weighted by Crippen LogP contribution is -2.21. The molecule has 1 heterocycles. The molecule has 1 unspecified atom stereocenters. The Hall–Kier alpha value is -2.86. The molecule has 2 aromatic carbocycles. The zero-order chi connectivity index (χ0) is 18.8. The van der Waals surface area contributed by atoms with E-state index in [2.05, 4.69) is 15.2 Å². The van der Waals surface area contributed by atoms with E-state index in [-0.39, 0.29) is 11.6 Å². The van der Waals surface area contributed by atoms with Crippen LogP contribution in [0.4, 0.5) is 5.69 Å². The van der Waals surface area contributed by atoms with Gasteiger partial charge in [0.2, 0.25) is 5.88 Å². The van der Waals surface area contributed by atoms with Crippen molar-refractivity contribution < 1.29 is 14.6 Å². The van der Waals surface area contributed by atoms with Crippen molar-refractivity contribution in [1.29, 1.82) is 0 Å². The van der Waals surface area contributed by atoms with E-state index in [1.165, 1.54) is 0 Å². The summed E-state index contributed by atoms with van der Waals surface area (Å²) in [7, 11) is 0. The number of amides is 1. The Morgan fingerprint density at radius 3 is 2.73 bits per heavy atom. The molecule has 3 rings (SSSR count). The lowest BCUT2D eigenvalue weighted by Gasteiger charge is -2.13. The number of azo groups is 1. The number of hydrogen-bond donors (Lipinski definition) is 2. The Labute approximate surface area is 155 Å². The maximum atomic E-state index is 12.2. The fourth-order valence-corrected chi connectivity index (χ4v) is 2.77. The van der Waals surface area contributed by atoms with Crippen molar-refractivity contribution in [2.45, 2.75) is 26.9 Å². The van der Waals surface area contributed by atoms with E-state index in [0.29, 0.717) is 16.2 Å². The van der Waals surface area contributed by atoms with Gasteiger partial charge in [-0.15, -0.1) is 10.2 Å². The number of fused-ring (bicyclic) bond motifs is 1. The Bertz CT molecular complexity index is 1010. The van der Waals surface area contributed by atoms with Crippen molar-refractivity contribution in [3.8, 4) is 11.6 Å². The Morgan fingerprint density at radius 2 is 2.00 bits per heavy atom. The van der Waals surface area contributed by atoms with Crippen LogP contribution in [0.5, 0.6) is 11.6 Å². The first-order valence-corrected chi connectivity index (χ1v) is 8.42. The van der Waals surface area contributed by atoms with Gasteiger partial charge in [-0.1, -0.05) is 23.2 Å². The molecule has 6 nitrogen and oxygen atoms in total. The van der Waals surface area contributed by atoms with Crippen molar-refractivity contribution in [2.24, 2.45) is 10.2 Å². The largest absolute Gasteiger partial charge is 0.493 e. The van der Waals surface area contributed by atoms with Crippen molar-refractivity contribution in [1.82, 2.24) is 4.98 Å². The minimum atomic E-state index is -0.826. The summed E-state index contributed by atoms with van der Waals surface area (Å²) in [5, 5.41) is 18.9. The van der Waals surface area contributed by atoms with Crippen molar-refractivity contribution in [3.05, 3.63) is 52.5 Å². The number of halogens is 1. The maximum Gasteiger partial charge on any atom is 0.304 e. The van der Waals surface area contributed by atoms with Gasteiger partial charge in [0.1, 0.15) is 5.75 Å². The molecule has 0 spiro atoms. The monoisotopic (exact) mass is 371 g/mol. The molecule has 0 radical (unpaired) electrons. The standard InChI is InChI=1S/C19H18ClN3O3/c1-10-4-6-15-14(8-10)17(19(25)21-15)22-23-18(24)12(3)26-16-7-5-13(20)9-11(16)2/h4-9,12,21,25H,1-3H3. The number of nitrogens with zero attached hydrogens (tertiary/aromatic N) is 2. The minimum absolute atomic E-state index is 0.135. The van der Waals surface area contributed by atoms with E-state index >= 15 is 0 Å². The summed E-state index contributed by atoms with van der Waals surface area (Å²) in [6.45, 7) is 5.36. The fourth-order valence-electron chi connectivity index (χ4n) is 2.55. The van der Waals surface area contributed by atoms with E-state index in [1.54, 1.807) is 25.1 Å². The molecule has 0 aliphatic carbocycles. The van der Waals surface area contributed by atoms with Gasteiger partial charge in [-0.05, 0) is 56.7 Å². The van der Waals surface area contributed by atoms with Crippen molar-refractivity contribution in [3.63, 3.8) is 0 Å². The molecule has 1 atom stereocenters. The summed E-state index contributed by atoms with van der Waals surface area (Å²) >= 11 is 5.91. The van der Waals surface area contributed by atoms with Gasteiger partial charge in [-0.25, -0.2) is 0 Å². The number of H-pyrrole nitrogens is 1. The molecule has 2 N–H and O–H groups in total. The van der Waals surface area contributed by atoms with Crippen LogP contribution in [0, 0.1) is 13.8 Å². The van der Waals surface area contributed by atoms with Gasteiger partial charge in [-0.3, -0.25) is 4.79 Å². The van der Waals surface area contributed by atoms with E-state index in [4.69, 9.17) is 16.3 Å². The molecular weight excluding hydrogens is 354 g/mol. The van der Waals surface area contributed by atoms with Crippen LogP contribution in [0.2, 0.25) is 5.02 Å². The summed E-state index contributed by atoms with van der Waals surface area (Å²) in [5.74, 6) is -0.138. The lowest BCUT2D eigenvalue weighted by atomic mass is 10.2. The number of carbonyl (C=O) groups excluding carboxylic acids is 1. The van der Waals surface area contributed by atoms with Gasteiger partial charge < -0.3 is 14.8 Å². The molecule has 134 valence electrons. The summed E-state index contributed by atoms with van der Waals surface area (Å²) in [5.41, 5.74) is 2.77. The molecule has 0 aliphatic rings. The van der Waals surface area contributed by atoms with Crippen molar-refractivity contribution in [2.75, 3.05) is 0 Å². The number of aryl methyl sites for hydroxylation is 2. The number of aromatic amines is 1. The van der Waals surface area contributed by atoms with Crippen LogP contribution in [0.25, 0.3) is 10.9 Å². The number of aromatic hydroxyl groups is 1. The molecule has 0 fully saturated rings. The molecule has 3 aromatic rings. The van der Waals surface area contributed by atoms with Crippen LogP contribution >= 0.6 is 11.6 Å². The average molecular weight is 372 g/mol. The van der Waals surface area contributed by atoms with Gasteiger partial charge in [-0.2, -0.15) is 0 Å². The average Bonchev–Trinajstić information content (AvgIpc) is 2.89. The summed E-state index contributed by atoms with van der Waals surface area (Å²) in [6.07, 6.45) is -0.826. The number of ether oxygens (including phenoxy) is 1. The maximum absolute atomic E-state index is 12.2. The lowest BCUT2D eigenvalue weighted by molar-refractivity contribution is -0.124.